The molecule has 1 fully saturated rings. The predicted molar refractivity (Wildman–Crippen MR) is 66.7 cm³/mol. The van der Waals surface area contributed by atoms with Crippen molar-refractivity contribution in [2.75, 3.05) is 18.5 Å². The first-order valence-electron chi connectivity index (χ1n) is 6.21. The maximum atomic E-state index is 8.53. The Morgan fingerprint density at radius 3 is 2.59 bits per heavy atom. The van der Waals surface area contributed by atoms with Gasteiger partial charge in [0, 0.05) is 26.0 Å². The van der Waals surface area contributed by atoms with Crippen LogP contribution >= 0.6 is 0 Å². The van der Waals surface area contributed by atoms with E-state index in [4.69, 9.17) is 5.26 Å². The summed E-state index contributed by atoms with van der Waals surface area (Å²) >= 11 is 0. The van der Waals surface area contributed by atoms with E-state index >= 15 is 0 Å². The Morgan fingerprint density at radius 1 is 1.35 bits per heavy atom. The maximum absolute atomic E-state index is 8.53. The Morgan fingerprint density at radius 2 is 2.00 bits per heavy atom. The van der Waals surface area contributed by atoms with Gasteiger partial charge >= 0.3 is 0 Å². The van der Waals surface area contributed by atoms with E-state index in [1.807, 2.05) is 24.3 Å². The van der Waals surface area contributed by atoms with Crippen LogP contribution in [-0.2, 0) is 0 Å². The molecule has 0 N–H and O–H groups in total. The van der Waals surface area contributed by atoms with Gasteiger partial charge in [0.05, 0.1) is 12.5 Å². The summed E-state index contributed by atoms with van der Waals surface area (Å²) in [6.07, 6.45) is 9.59. The van der Waals surface area contributed by atoms with E-state index in [0.29, 0.717) is 24.8 Å². The van der Waals surface area contributed by atoms with Gasteiger partial charge in [0.15, 0.2) is 0 Å². The highest BCUT2D eigenvalue weighted by molar-refractivity contribution is 5.29. The van der Waals surface area contributed by atoms with E-state index in [-0.39, 0.29) is 0 Å². The number of hydrogen-bond donors (Lipinski definition) is 0. The van der Waals surface area contributed by atoms with Crippen LogP contribution in [0.4, 0.5) is 5.95 Å². The van der Waals surface area contributed by atoms with Crippen molar-refractivity contribution in [1.82, 2.24) is 9.97 Å². The quantitative estimate of drug-likeness (QED) is 0.797. The van der Waals surface area contributed by atoms with E-state index < -0.39 is 0 Å². The number of nitrogens with zero attached hydrogens (tertiary/aromatic N) is 4. The van der Waals surface area contributed by atoms with Crippen LogP contribution in [0.3, 0.4) is 0 Å². The molecule has 4 nitrogen and oxygen atoms in total. The van der Waals surface area contributed by atoms with Crippen LogP contribution in [0.2, 0.25) is 0 Å². The number of nitriles is 1. The van der Waals surface area contributed by atoms with E-state index in [1.54, 1.807) is 0 Å². The van der Waals surface area contributed by atoms with Crippen molar-refractivity contribution in [2.24, 2.45) is 0 Å². The van der Waals surface area contributed by atoms with Crippen molar-refractivity contribution in [3.63, 3.8) is 0 Å². The molecule has 1 aliphatic carbocycles. The molecule has 1 heterocycles. The van der Waals surface area contributed by atoms with Crippen LogP contribution in [0.1, 0.15) is 43.6 Å². The predicted octanol–water partition coefficient (Wildman–Crippen LogP) is 2.48. The van der Waals surface area contributed by atoms with Crippen molar-refractivity contribution in [3.05, 3.63) is 18.0 Å². The third-order valence-electron chi connectivity index (χ3n) is 3.39. The van der Waals surface area contributed by atoms with Crippen LogP contribution in [-0.4, -0.2) is 23.6 Å². The van der Waals surface area contributed by atoms with Crippen LogP contribution in [0.5, 0.6) is 0 Å². The minimum Gasteiger partial charge on any atom is -0.343 e. The van der Waals surface area contributed by atoms with Gasteiger partial charge in [0.2, 0.25) is 5.95 Å². The first-order valence-corrected chi connectivity index (χ1v) is 6.21. The molecular formula is C13H18N4. The second kappa shape index (κ2) is 5.62. The molecule has 0 atom stereocenters. The summed E-state index contributed by atoms with van der Waals surface area (Å²) in [6, 6.07) is 2.13. The molecule has 17 heavy (non-hydrogen) atoms. The maximum Gasteiger partial charge on any atom is 0.225 e. The van der Waals surface area contributed by atoms with E-state index in [1.165, 1.54) is 31.2 Å². The van der Waals surface area contributed by atoms with E-state index in [9.17, 15) is 0 Å². The fourth-order valence-corrected chi connectivity index (χ4v) is 2.32. The van der Waals surface area contributed by atoms with Gasteiger partial charge in [-0.25, -0.2) is 9.97 Å². The van der Waals surface area contributed by atoms with Gasteiger partial charge in [-0.05, 0) is 24.3 Å². The zero-order chi connectivity index (χ0) is 12.1. The molecule has 1 saturated carbocycles. The normalized spacial score (nSPS) is 15.8. The first-order chi connectivity index (χ1) is 8.31. The van der Waals surface area contributed by atoms with Crippen LogP contribution in [0.25, 0.3) is 0 Å². The summed E-state index contributed by atoms with van der Waals surface area (Å²) < 4.78 is 0. The molecule has 4 heteroatoms. The van der Waals surface area contributed by atoms with Crippen molar-refractivity contribution in [1.29, 1.82) is 5.26 Å². The van der Waals surface area contributed by atoms with E-state index in [2.05, 4.69) is 16.0 Å². The summed E-state index contributed by atoms with van der Waals surface area (Å²) in [6.45, 7) is 0.680. The highest BCUT2D eigenvalue weighted by Gasteiger charge is 2.17. The monoisotopic (exact) mass is 230 g/mol. The summed E-state index contributed by atoms with van der Waals surface area (Å²) in [7, 11) is 1.92. The summed E-state index contributed by atoms with van der Waals surface area (Å²) in [4.78, 5) is 10.7. The number of anilines is 1. The zero-order valence-corrected chi connectivity index (χ0v) is 10.3. The fraction of sp³-hybridized carbons (Fsp3) is 0.615. The zero-order valence-electron chi connectivity index (χ0n) is 10.3. The Bertz CT molecular complexity index is 387. The SMILES string of the molecule is CN(CCC#N)c1ncc(C2CCCC2)cn1. The van der Waals surface area contributed by atoms with Crippen LogP contribution in [0.15, 0.2) is 12.4 Å². The molecule has 0 radical (unpaired) electrons. The molecule has 0 bridgehead atoms. The molecule has 1 aliphatic rings. The third-order valence-corrected chi connectivity index (χ3v) is 3.39. The lowest BCUT2D eigenvalue weighted by Gasteiger charge is -2.16. The molecule has 0 aliphatic heterocycles. The fourth-order valence-electron chi connectivity index (χ4n) is 2.32. The Hall–Kier alpha value is -1.63. The molecule has 0 amide bonds. The third kappa shape index (κ3) is 2.94. The smallest absolute Gasteiger partial charge is 0.225 e. The van der Waals surface area contributed by atoms with Gasteiger partial charge < -0.3 is 4.90 Å². The standard InChI is InChI=1S/C13H18N4/c1-17(8-4-7-14)13-15-9-12(10-16-13)11-5-2-3-6-11/h9-11H,2-6,8H2,1H3. The van der Waals surface area contributed by atoms with Gasteiger partial charge in [-0.2, -0.15) is 5.26 Å². The summed E-state index contributed by atoms with van der Waals surface area (Å²) in [5.41, 5.74) is 1.26. The molecule has 0 unspecified atom stereocenters. The lowest BCUT2D eigenvalue weighted by atomic mass is 10.0. The number of aromatic nitrogens is 2. The average molecular weight is 230 g/mol. The minimum absolute atomic E-state index is 0.504. The van der Waals surface area contributed by atoms with Gasteiger partial charge in [-0.1, -0.05) is 12.8 Å². The summed E-state index contributed by atoms with van der Waals surface area (Å²) in [5, 5.41) is 8.53. The van der Waals surface area contributed by atoms with Crippen molar-refractivity contribution < 1.29 is 0 Å². The van der Waals surface area contributed by atoms with Gasteiger partial charge in [-0.3, -0.25) is 0 Å². The lowest BCUT2D eigenvalue weighted by molar-refractivity contribution is 0.711. The lowest BCUT2D eigenvalue weighted by Crippen LogP contribution is -2.20. The molecule has 90 valence electrons. The van der Waals surface area contributed by atoms with Gasteiger partial charge in [0.1, 0.15) is 0 Å². The molecule has 2 rings (SSSR count). The van der Waals surface area contributed by atoms with Gasteiger partial charge in [0.25, 0.3) is 0 Å². The highest BCUT2D eigenvalue weighted by atomic mass is 15.2. The first kappa shape index (κ1) is 11.8. The molecule has 0 aromatic carbocycles. The second-order valence-electron chi connectivity index (χ2n) is 4.63. The van der Waals surface area contributed by atoms with Crippen molar-refractivity contribution >= 4 is 5.95 Å². The molecular weight excluding hydrogens is 212 g/mol. The Kier molecular flexibility index (Phi) is 3.92. The largest absolute Gasteiger partial charge is 0.343 e. The van der Waals surface area contributed by atoms with Crippen LogP contribution in [0, 0.1) is 11.3 Å². The molecule has 0 saturated heterocycles. The highest BCUT2D eigenvalue weighted by Crippen LogP contribution is 2.33. The minimum atomic E-state index is 0.504. The van der Waals surface area contributed by atoms with Gasteiger partial charge in [-0.15, -0.1) is 0 Å². The topological polar surface area (TPSA) is 52.8 Å². The van der Waals surface area contributed by atoms with Crippen molar-refractivity contribution in [2.45, 2.75) is 38.0 Å². The van der Waals surface area contributed by atoms with Crippen molar-refractivity contribution in [3.8, 4) is 6.07 Å². The molecule has 0 spiro atoms. The van der Waals surface area contributed by atoms with E-state index in [0.717, 1.165) is 0 Å². The van der Waals surface area contributed by atoms with Crippen LogP contribution < -0.4 is 4.90 Å². The molecule has 1 aromatic heterocycles. The average Bonchev–Trinajstić information content (AvgIpc) is 2.90. The number of hydrogen-bond acceptors (Lipinski definition) is 4. The summed E-state index contributed by atoms with van der Waals surface area (Å²) in [5.74, 6) is 1.37. The second-order valence-corrected chi connectivity index (χ2v) is 4.63. The Labute approximate surface area is 102 Å². The Balaban J connectivity index is 1.99. The molecule has 1 aromatic rings. The number of rotatable bonds is 4.